The van der Waals surface area contributed by atoms with Crippen molar-refractivity contribution in [3.63, 3.8) is 0 Å². The third-order valence-electron chi connectivity index (χ3n) is 1.70. The molecule has 0 aliphatic heterocycles. The Kier molecular flexibility index (Phi) is 5.64. The second-order valence-electron chi connectivity index (χ2n) is 3.07. The highest BCUT2D eigenvalue weighted by Crippen LogP contribution is 2.07. The molecule has 0 aliphatic rings. The summed E-state index contributed by atoms with van der Waals surface area (Å²) in [5, 5.41) is 0. The Bertz CT molecular complexity index is 173. The molecule has 12 heavy (non-hydrogen) atoms. The van der Waals surface area contributed by atoms with E-state index >= 15 is 0 Å². The molecular weight excluding hydrogens is 153 g/mol. The maximum absolute atomic E-state index is 12.9. The molecule has 0 aromatic carbocycles. The molecule has 0 atom stereocenters. The SMILES string of the molecule is C=CC(F)=C(C)CN(C)CCC. The van der Waals surface area contributed by atoms with E-state index in [-0.39, 0.29) is 5.83 Å². The van der Waals surface area contributed by atoms with Crippen LogP contribution in [0.15, 0.2) is 24.1 Å². The molecule has 0 saturated heterocycles. The largest absolute Gasteiger partial charge is 0.302 e. The fraction of sp³-hybridized carbons (Fsp3) is 0.600. The van der Waals surface area contributed by atoms with Crippen molar-refractivity contribution in [3.8, 4) is 0 Å². The lowest BCUT2D eigenvalue weighted by atomic mass is 10.2. The molecule has 0 aromatic rings. The van der Waals surface area contributed by atoms with E-state index in [0.29, 0.717) is 6.54 Å². The molecule has 0 fully saturated rings. The molecule has 70 valence electrons. The third-order valence-corrected chi connectivity index (χ3v) is 1.70. The Hall–Kier alpha value is -0.630. The van der Waals surface area contributed by atoms with Crippen LogP contribution in [0.3, 0.4) is 0 Å². The van der Waals surface area contributed by atoms with Crippen LogP contribution in [0.2, 0.25) is 0 Å². The van der Waals surface area contributed by atoms with E-state index < -0.39 is 0 Å². The van der Waals surface area contributed by atoms with Crippen molar-refractivity contribution in [2.75, 3.05) is 20.1 Å². The van der Waals surface area contributed by atoms with Crippen molar-refractivity contribution in [1.82, 2.24) is 4.90 Å². The Balaban J connectivity index is 3.98. The summed E-state index contributed by atoms with van der Waals surface area (Å²) in [7, 11) is 1.99. The fourth-order valence-corrected chi connectivity index (χ4v) is 1.12. The first-order valence-corrected chi connectivity index (χ1v) is 4.28. The zero-order chi connectivity index (χ0) is 9.56. The Morgan fingerprint density at radius 1 is 1.58 bits per heavy atom. The van der Waals surface area contributed by atoms with E-state index in [2.05, 4.69) is 18.4 Å². The van der Waals surface area contributed by atoms with Gasteiger partial charge in [0.25, 0.3) is 0 Å². The minimum absolute atomic E-state index is 0.196. The van der Waals surface area contributed by atoms with E-state index in [1.807, 2.05) is 7.05 Å². The minimum Gasteiger partial charge on any atom is -0.302 e. The Labute approximate surface area is 74.6 Å². The summed E-state index contributed by atoms with van der Waals surface area (Å²) in [5.74, 6) is -0.196. The van der Waals surface area contributed by atoms with Gasteiger partial charge in [0.15, 0.2) is 0 Å². The number of rotatable bonds is 5. The van der Waals surface area contributed by atoms with Crippen molar-refractivity contribution < 1.29 is 4.39 Å². The third kappa shape index (κ3) is 4.29. The van der Waals surface area contributed by atoms with Gasteiger partial charge in [-0.05, 0) is 38.6 Å². The molecule has 2 heteroatoms. The molecule has 0 bridgehead atoms. The second-order valence-corrected chi connectivity index (χ2v) is 3.07. The van der Waals surface area contributed by atoms with Crippen molar-refractivity contribution in [3.05, 3.63) is 24.1 Å². The van der Waals surface area contributed by atoms with Crippen LogP contribution in [0.5, 0.6) is 0 Å². The lowest BCUT2D eigenvalue weighted by Gasteiger charge is -2.15. The van der Waals surface area contributed by atoms with E-state index in [0.717, 1.165) is 18.5 Å². The summed E-state index contributed by atoms with van der Waals surface area (Å²) in [4.78, 5) is 2.10. The maximum Gasteiger partial charge on any atom is 0.122 e. The molecule has 0 radical (unpaired) electrons. The molecule has 0 spiro atoms. The van der Waals surface area contributed by atoms with Crippen LogP contribution >= 0.6 is 0 Å². The summed E-state index contributed by atoms with van der Waals surface area (Å²) >= 11 is 0. The number of hydrogen-bond acceptors (Lipinski definition) is 1. The first-order chi connectivity index (χ1) is 5.61. The molecule has 0 saturated carbocycles. The highest BCUT2D eigenvalue weighted by molar-refractivity contribution is 5.16. The summed E-state index contributed by atoms with van der Waals surface area (Å²) in [6.45, 7) is 8.98. The second kappa shape index (κ2) is 5.95. The van der Waals surface area contributed by atoms with E-state index in [4.69, 9.17) is 0 Å². The molecule has 0 heterocycles. The van der Waals surface area contributed by atoms with Crippen LogP contribution in [0.25, 0.3) is 0 Å². The number of nitrogens with zero attached hydrogens (tertiary/aromatic N) is 1. The normalized spacial score (nSPS) is 13.1. The quantitative estimate of drug-likeness (QED) is 0.575. The fourth-order valence-electron chi connectivity index (χ4n) is 1.12. The number of halogens is 1. The first-order valence-electron chi connectivity index (χ1n) is 4.28. The predicted octanol–water partition coefficient (Wildman–Crippen LogP) is 2.76. The molecule has 0 unspecified atom stereocenters. The van der Waals surface area contributed by atoms with Crippen LogP contribution in [-0.4, -0.2) is 25.0 Å². The van der Waals surface area contributed by atoms with Gasteiger partial charge in [0.2, 0.25) is 0 Å². The summed E-state index contributed by atoms with van der Waals surface area (Å²) in [6, 6.07) is 0. The Morgan fingerprint density at radius 3 is 2.58 bits per heavy atom. The lowest BCUT2D eigenvalue weighted by Crippen LogP contribution is -2.21. The average molecular weight is 171 g/mol. The van der Waals surface area contributed by atoms with Gasteiger partial charge in [-0.25, -0.2) is 4.39 Å². The first kappa shape index (κ1) is 11.4. The van der Waals surface area contributed by atoms with E-state index in [1.165, 1.54) is 6.08 Å². The zero-order valence-electron chi connectivity index (χ0n) is 8.23. The van der Waals surface area contributed by atoms with Gasteiger partial charge >= 0.3 is 0 Å². The summed E-state index contributed by atoms with van der Waals surface area (Å²) in [5.41, 5.74) is 0.751. The van der Waals surface area contributed by atoms with Gasteiger partial charge in [-0.2, -0.15) is 0 Å². The molecule has 0 aromatic heterocycles. The number of likely N-dealkylation sites (N-methyl/N-ethyl adjacent to an activating group) is 1. The maximum atomic E-state index is 12.9. The number of hydrogen-bond donors (Lipinski definition) is 0. The van der Waals surface area contributed by atoms with Gasteiger partial charge < -0.3 is 4.90 Å². The number of allylic oxidation sites excluding steroid dienone is 2. The van der Waals surface area contributed by atoms with Crippen LogP contribution in [0.1, 0.15) is 20.3 Å². The smallest absolute Gasteiger partial charge is 0.122 e. The summed E-state index contributed by atoms with van der Waals surface area (Å²) < 4.78 is 12.9. The van der Waals surface area contributed by atoms with Gasteiger partial charge in [0.05, 0.1) is 0 Å². The minimum atomic E-state index is -0.196. The highest BCUT2D eigenvalue weighted by Gasteiger charge is 2.01. The standard InChI is InChI=1S/C10H18FN/c1-5-7-12(4)8-9(3)10(11)6-2/h6H,2,5,7-8H2,1,3-4H3. The van der Waals surface area contributed by atoms with Crippen molar-refractivity contribution in [2.45, 2.75) is 20.3 Å². The van der Waals surface area contributed by atoms with Crippen LogP contribution in [-0.2, 0) is 0 Å². The van der Waals surface area contributed by atoms with Gasteiger partial charge in [-0.15, -0.1) is 0 Å². The van der Waals surface area contributed by atoms with Gasteiger partial charge in [0, 0.05) is 6.54 Å². The van der Waals surface area contributed by atoms with Crippen molar-refractivity contribution in [1.29, 1.82) is 0 Å². The molecular formula is C10H18FN. The average Bonchev–Trinajstić information content (AvgIpc) is 2.03. The van der Waals surface area contributed by atoms with Crippen LogP contribution in [0, 0.1) is 0 Å². The van der Waals surface area contributed by atoms with E-state index in [1.54, 1.807) is 6.92 Å². The molecule has 1 nitrogen and oxygen atoms in total. The molecule has 0 aliphatic carbocycles. The van der Waals surface area contributed by atoms with Crippen LogP contribution < -0.4 is 0 Å². The zero-order valence-corrected chi connectivity index (χ0v) is 8.23. The lowest BCUT2D eigenvalue weighted by molar-refractivity contribution is 0.359. The summed E-state index contributed by atoms with van der Waals surface area (Å²) in [6.07, 6.45) is 2.36. The molecule has 0 rings (SSSR count). The van der Waals surface area contributed by atoms with Crippen molar-refractivity contribution >= 4 is 0 Å². The topological polar surface area (TPSA) is 3.24 Å². The molecule has 0 N–H and O–H groups in total. The van der Waals surface area contributed by atoms with Gasteiger partial charge in [-0.1, -0.05) is 13.5 Å². The molecule has 0 amide bonds. The monoisotopic (exact) mass is 171 g/mol. The Morgan fingerprint density at radius 2 is 2.17 bits per heavy atom. The highest BCUT2D eigenvalue weighted by atomic mass is 19.1. The van der Waals surface area contributed by atoms with Gasteiger partial charge in [-0.3, -0.25) is 0 Å². The van der Waals surface area contributed by atoms with E-state index in [9.17, 15) is 4.39 Å². The predicted molar refractivity (Wildman–Crippen MR) is 51.8 cm³/mol. The van der Waals surface area contributed by atoms with Crippen molar-refractivity contribution in [2.24, 2.45) is 0 Å². The van der Waals surface area contributed by atoms with Crippen LogP contribution in [0.4, 0.5) is 4.39 Å². The van der Waals surface area contributed by atoms with Gasteiger partial charge in [0.1, 0.15) is 5.83 Å².